The number of benzene rings is 2. The smallest absolute Gasteiger partial charge is 0.328 e. The standard InChI is InChI=1S/C22H25N3O3/c1-23-19-6-3-4-7-20(19)25(22(23)27)15-13-21(26)24-14-5-8-18(24)16-9-11-17(28-2)12-10-16/h3-4,6-7,9-12,18H,5,8,13-15H2,1-2H3/t18-/m0/s1. The molecule has 28 heavy (non-hydrogen) atoms. The van der Waals surface area contributed by atoms with E-state index in [1.54, 1.807) is 23.3 Å². The van der Waals surface area contributed by atoms with E-state index in [0.717, 1.165) is 41.7 Å². The number of amides is 1. The molecule has 1 aromatic heterocycles. The van der Waals surface area contributed by atoms with Gasteiger partial charge in [0.05, 0.1) is 24.2 Å². The zero-order valence-electron chi connectivity index (χ0n) is 16.3. The molecule has 0 saturated carbocycles. The summed E-state index contributed by atoms with van der Waals surface area (Å²) in [5, 5.41) is 0. The molecule has 1 saturated heterocycles. The molecule has 146 valence electrons. The molecule has 2 heterocycles. The normalized spacial score (nSPS) is 16.6. The second-order valence-electron chi connectivity index (χ2n) is 7.25. The second-order valence-corrected chi connectivity index (χ2v) is 7.25. The lowest BCUT2D eigenvalue weighted by atomic mass is 10.0. The molecule has 1 aliphatic rings. The number of ether oxygens (including phenoxy) is 1. The van der Waals surface area contributed by atoms with Crippen molar-refractivity contribution in [3.8, 4) is 5.75 Å². The number of methoxy groups -OCH3 is 1. The predicted octanol–water partition coefficient (Wildman–Crippen LogP) is 3.10. The predicted molar refractivity (Wildman–Crippen MR) is 108 cm³/mol. The van der Waals surface area contributed by atoms with Gasteiger partial charge in [0.1, 0.15) is 5.75 Å². The number of para-hydroxylation sites is 2. The summed E-state index contributed by atoms with van der Waals surface area (Å²) in [6.07, 6.45) is 2.28. The van der Waals surface area contributed by atoms with Crippen molar-refractivity contribution < 1.29 is 9.53 Å². The Morgan fingerprint density at radius 2 is 1.82 bits per heavy atom. The summed E-state index contributed by atoms with van der Waals surface area (Å²) in [7, 11) is 3.42. The molecule has 1 amide bonds. The molecule has 3 aromatic rings. The van der Waals surface area contributed by atoms with Crippen LogP contribution >= 0.6 is 0 Å². The highest BCUT2D eigenvalue weighted by molar-refractivity contribution is 5.78. The third kappa shape index (κ3) is 3.19. The van der Waals surface area contributed by atoms with Gasteiger partial charge in [-0.05, 0) is 42.7 Å². The molecule has 6 heteroatoms. The van der Waals surface area contributed by atoms with E-state index in [0.29, 0.717) is 13.0 Å². The van der Waals surface area contributed by atoms with Crippen LogP contribution in [-0.2, 0) is 18.4 Å². The van der Waals surface area contributed by atoms with Gasteiger partial charge in [0, 0.05) is 26.6 Å². The Morgan fingerprint density at radius 1 is 1.11 bits per heavy atom. The molecule has 0 radical (unpaired) electrons. The summed E-state index contributed by atoms with van der Waals surface area (Å²) < 4.78 is 8.56. The zero-order chi connectivity index (χ0) is 19.7. The van der Waals surface area contributed by atoms with Crippen molar-refractivity contribution in [2.75, 3.05) is 13.7 Å². The quantitative estimate of drug-likeness (QED) is 0.684. The Balaban J connectivity index is 1.50. The Labute approximate surface area is 163 Å². The van der Waals surface area contributed by atoms with Gasteiger partial charge in [-0.3, -0.25) is 13.9 Å². The molecule has 1 fully saturated rings. The molecule has 6 nitrogen and oxygen atoms in total. The number of aryl methyl sites for hydroxylation is 2. The summed E-state index contributed by atoms with van der Waals surface area (Å²) in [4.78, 5) is 27.5. The third-order valence-corrected chi connectivity index (χ3v) is 5.67. The van der Waals surface area contributed by atoms with Crippen molar-refractivity contribution in [1.82, 2.24) is 14.0 Å². The average molecular weight is 379 g/mol. The van der Waals surface area contributed by atoms with E-state index >= 15 is 0 Å². The molecule has 1 atom stereocenters. The lowest BCUT2D eigenvalue weighted by Crippen LogP contribution is -2.32. The van der Waals surface area contributed by atoms with Crippen molar-refractivity contribution in [3.05, 3.63) is 64.6 Å². The SMILES string of the molecule is COc1ccc([C@@H]2CCCN2C(=O)CCn2c(=O)n(C)c3ccccc32)cc1. The molecular weight excluding hydrogens is 354 g/mol. The van der Waals surface area contributed by atoms with Gasteiger partial charge in [-0.2, -0.15) is 0 Å². The number of nitrogens with zero attached hydrogens (tertiary/aromatic N) is 3. The van der Waals surface area contributed by atoms with E-state index in [1.807, 2.05) is 53.4 Å². The van der Waals surface area contributed by atoms with Crippen LogP contribution < -0.4 is 10.4 Å². The molecule has 0 aliphatic carbocycles. The van der Waals surface area contributed by atoms with Crippen LogP contribution in [0, 0.1) is 0 Å². The topological polar surface area (TPSA) is 56.5 Å². The fourth-order valence-corrected chi connectivity index (χ4v) is 4.17. The number of hydrogen-bond acceptors (Lipinski definition) is 3. The first-order valence-electron chi connectivity index (χ1n) is 9.68. The number of aromatic nitrogens is 2. The Morgan fingerprint density at radius 3 is 2.54 bits per heavy atom. The van der Waals surface area contributed by atoms with Gasteiger partial charge >= 0.3 is 5.69 Å². The molecule has 0 N–H and O–H groups in total. The Kier molecular flexibility index (Phi) is 4.94. The van der Waals surface area contributed by atoms with Crippen LogP contribution in [0.2, 0.25) is 0 Å². The first-order valence-corrected chi connectivity index (χ1v) is 9.68. The minimum Gasteiger partial charge on any atom is -0.497 e. The van der Waals surface area contributed by atoms with Gasteiger partial charge in [-0.15, -0.1) is 0 Å². The fourth-order valence-electron chi connectivity index (χ4n) is 4.17. The highest BCUT2D eigenvalue weighted by Gasteiger charge is 2.29. The molecule has 1 aliphatic heterocycles. The molecule has 0 bridgehead atoms. The van der Waals surface area contributed by atoms with E-state index in [4.69, 9.17) is 4.74 Å². The number of fused-ring (bicyclic) bond motifs is 1. The van der Waals surface area contributed by atoms with Crippen LogP contribution in [0.3, 0.4) is 0 Å². The van der Waals surface area contributed by atoms with Crippen LogP contribution in [0.15, 0.2) is 53.3 Å². The van der Waals surface area contributed by atoms with Crippen molar-refractivity contribution in [2.24, 2.45) is 7.05 Å². The van der Waals surface area contributed by atoms with E-state index in [-0.39, 0.29) is 17.6 Å². The van der Waals surface area contributed by atoms with Crippen LogP contribution in [0.1, 0.15) is 30.9 Å². The maximum absolute atomic E-state index is 13.0. The first kappa shape index (κ1) is 18.3. The van der Waals surface area contributed by atoms with Crippen LogP contribution in [0.5, 0.6) is 5.75 Å². The highest BCUT2D eigenvalue weighted by Crippen LogP contribution is 2.33. The summed E-state index contributed by atoms with van der Waals surface area (Å²) in [5.74, 6) is 0.910. The summed E-state index contributed by atoms with van der Waals surface area (Å²) >= 11 is 0. The van der Waals surface area contributed by atoms with Gasteiger partial charge in [0.25, 0.3) is 0 Å². The molecule has 0 spiro atoms. The number of imidazole rings is 1. The molecule has 0 unspecified atom stereocenters. The van der Waals surface area contributed by atoms with Crippen LogP contribution in [-0.4, -0.2) is 33.6 Å². The number of rotatable bonds is 5. The van der Waals surface area contributed by atoms with E-state index in [1.165, 1.54) is 0 Å². The lowest BCUT2D eigenvalue weighted by Gasteiger charge is -2.25. The third-order valence-electron chi connectivity index (χ3n) is 5.67. The first-order chi connectivity index (χ1) is 13.6. The second kappa shape index (κ2) is 7.54. The monoisotopic (exact) mass is 379 g/mol. The zero-order valence-corrected chi connectivity index (χ0v) is 16.3. The molecule has 2 aromatic carbocycles. The summed E-state index contributed by atoms with van der Waals surface area (Å²) in [6.45, 7) is 1.16. The fraction of sp³-hybridized carbons (Fsp3) is 0.364. The Hall–Kier alpha value is -3.02. The minimum atomic E-state index is -0.0814. The van der Waals surface area contributed by atoms with Gasteiger partial charge in [0.15, 0.2) is 0 Å². The van der Waals surface area contributed by atoms with Crippen molar-refractivity contribution in [1.29, 1.82) is 0 Å². The highest BCUT2D eigenvalue weighted by atomic mass is 16.5. The number of likely N-dealkylation sites (tertiary alicyclic amines) is 1. The van der Waals surface area contributed by atoms with Crippen LogP contribution in [0.25, 0.3) is 11.0 Å². The molecule has 4 rings (SSSR count). The maximum Gasteiger partial charge on any atom is 0.328 e. The minimum absolute atomic E-state index is 0.0814. The van der Waals surface area contributed by atoms with E-state index in [9.17, 15) is 9.59 Å². The van der Waals surface area contributed by atoms with Gasteiger partial charge in [0.2, 0.25) is 5.91 Å². The van der Waals surface area contributed by atoms with Gasteiger partial charge < -0.3 is 9.64 Å². The van der Waals surface area contributed by atoms with Crippen molar-refractivity contribution in [2.45, 2.75) is 31.8 Å². The lowest BCUT2D eigenvalue weighted by molar-refractivity contribution is -0.132. The summed E-state index contributed by atoms with van der Waals surface area (Å²) in [6, 6.07) is 15.7. The maximum atomic E-state index is 13.0. The average Bonchev–Trinajstić information content (AvgIpc) is 3.31. The number of hydrogen-bond donors (Lipinski definition) is 0. The van der Waals surface area contributed by atoms with Crippen molar-refractivity contribution >= 4 is 16.9 Å². The summed E-state index contributed by atoms with van der Waals surface area (Å²) in [5.41, 5.74) is 2.81. The number of carbonyl (C=O) groups is 1. The van der Waals surface area contributed by atoms with Crippen molar-refractivity contribution in [3.63, 3.8) is 0 Å². The van der Waals surface area contributed by atoms with Gasteiger partial charge in [-0.25, -0.2) is 4.79 Å². The number of carbonyl (C=O) groups excluding carboxylic acids is 1. The van der Waals surface area contributed by atoms with Gasteiger partial charge in [-0.1, -0.05) is 24.3 Å². The molecular formula is C22H25N3O3. The largest absolute Gasteiger partial charge is 0.497 e. The van der Waals surface area contributed by atoms with Crippen LogP contribution in [0.4, 0.5) is 0 Å². The Bertz CT molecular complexity index is 1050. The van der Waals surface area contributed by atoms with E-state index < -0.39 is 0 Å². The van der Waals surface area contributed by atoms with E-state index in [2.05, 4.69) is 0 Å².